The third kappa shape index (κ3) is 4.46. The van der Waals surface area contributed by atoms with Crippen LogP contribution in [0.2, 0.25) is 0 Å². The second kappa shape index (κ2) is 7.12. The van der Waals surface area contributed by atoms with Gasteiger partial charge < -0.3 is 0 Å². The number of hydrazone groups is 1. The molecule has 6 nitrogen and oxygen atoms in total. The number of amidine groups is 1. The summed E-state index contributed by atoms with van der Waals surface area (Å²) >= 11 is 0. The standard InChI is InChI=1S/C16H17F6N5O/c1-13(5-4-9(8-23)10(6-13)15(17,18)19)24-12(26-28-3)14(2)7-11(25-27-14)16(20,21)22/h4-5,27H,6-7H2,1-3H3,(H,24,26). The zero-order valence-corrected chi connectivity index (χ0v) is 15.1. The fourth-order valence-corrected chi connectivity index (χ4v) is 2.83. The number of alkyl halides is 6. The second-order valence-corrected chi connectivity index (χ2v) is 6.81. The largest absolute Gasteiger partial charge is 0.431 e. The van der Waals surface area contributed by atoms with Crippen LogP contribution in [0.4, 0.5) is 26.3 Å². The summed E-state index contributed by atoms with van der Waals surface area (Å²) < 4.78 is 78.6. The summed E-state index contributed by atoms with van der Waals surface area (Å²) in [6.45, 7) is 2.72. The number of aliphatic imine (C=N–C) groups is 1. The SMILES string of the molecule is CONC(=NC1(C)C=CC(C#N)=C(C(F)(F)F)C1)C1(C)CC(C(F)(F)F)=NN1. The minimum atomic E-state index is -4.75. The van der Waals surface area contributed by atoms with E-state index < -0.39 is 53.1 Å². The van der Waals surface area contributed by atoms with Crippen LogP contribution < -0.4 is 10.9 Å². The van der Waals surface area contributed by atoms with E-state index in [0.717, 1.165) is 6.08 Å². The highest BCUT2D eigenvalue weighted by Gasteiger charge is 2.48. The average Bonchev–Trinajstić information content (AvgIpc) is 2.97. The van der Waals surface area contributed by atoms with E-state index in [1.54, 1.807) is 0 Å². The molecule has 0 saturated heterocycles. The number of hydrogen-bond acceptors (Lipinski definition) is 5. The van der Waals surface area contributed by atoms with Gasteiger partial charge in [-0.15, -0.1) is 0 Å². The molecule has 2 rings (SSSR count). The van der Waals surface area contributed by atoms with E-state index in [2.05, 4.69) is 21.0 Å². The summed E-state index contributed by atoms with van der Waals surface area (Å²) in [7, 11) is 1.19. The maximum Gasteiger partial charge on any atom is 0.431 e. The zero-order valence-electron chi connectivity index (χ0n) is 15.1. The van der Waals surface area contributed by atoms with Crippen molar-refractivity contribution in [3.8, 4) is 6.07 Å². The first-order chi connectivity index (χ1) is 12.7. The van der Waals surface area contributed by atoms with Crippen LogP contribution in [-0.4, -0.2) is 42.1 Å². The number of rotatable bonds is 3. The van der Waals surface area contributed by atoms with Crippen molar-refractivity contribution < 1.29 is 31.2 Å². The molecule has 28 heavy (non-hydrogen) atoms. The number of allylic oxidation sites excluding steroid dienone is 2. The summed E-state index contributed by atoms with van der Waals surface area (Å²) in [5.74, 6) is -0.160. The maximum atomic E-state index is 13.3. The van der Waals surface area contributed by atoms with Crippen molar-refractivity contribution in [1.29, 1.82) is 5.26 Å². The van der Waals surface area contributed by atoms with Crippen molar-refractivity contribution >= 4 is 11.5 Å². The van der Waals surface area contributed by atoms with E-state index >= 15 is 0 Å². The predicted molar refractivity (Wildman–Crippen MR) is 88.1 cm³/mol. The lowest BCUT2D eigenvalue weighted by molar-refractivity contribution is -0.0958. The molecule has 0 bridgehead atoms. The smallest absolute Gasteiger partial charge is 0.296 e. The van der Waals surface area contributed by atoms with E-state index in [9.17, 15) is 26.3 Å². The van der Waals surface area contributed by atoms with Gasteiger partial charge in [-0.25, -0.2) is 0 Å². The van der Waals surface area contributed by atoms with Gasteiger partial charge in [0.1, 0.15) is 17.1 Å². The molecule has 2 N–H and O–H groups in total. The summed E-state index contributed by atoms with van der Waals surface area (Å²) in [6, 6.07) is 1.49. The average molecular weight is 409 g/mol. The van der Waals surface area contributed by atoms with Crippen LogP contribution >= 0.6 is 0 Å². The topological polar surface area (TPSA) is 81.8 Å². The van der Waals surface area contributed by atoms with Crippen molar-refractivity contribution in [2.24, 2.45) is 10.1 Å². The van der Waals surface area contributed by atoms with E-state index in [4.69, 9.17) is 10.1 Å². The van der Waals surface area contributed by atoms with E-state index in [0.29, 0.717) is 0 Å². The normalized spacial score (nSPS) is 28.7. The second-order valence-electron chi connectivity index (χ2n) is 6.81. The Morgan fingerprint density at radius 2 is 1.89 bits per heavy atom. The highest BCUT2D eigenvalue weighted by molar-refractivity contribution is 6.01. The number of hydroxylamine groups is 1. The number of halogens is 6. The van der Waals surface area contributed by atoms with Gasteiger partial charge in [-0.3, -0.25) is 20.7 Å². The van der Waals surface area contributed by atoms with Gasteiger partial charge in [-0.1, -0.05) is 6.08 Å². The minimum Gasteiger partial charge on any atom is -0.296 e. The zero-order chi connectivity index (χ0) is 21.4. The third-order valence-electron chi connectivity index (χ3n) is 4.31. The van der Waals surface area contributed by atoms with Gasteiger partial charge in [-0.05, 0) is 19.9 Å². The Hall–Kier alpha value is -2.55. The van der Waals surface area contributed by atoms with Crippen LogP contribution in [0, 0.1) is 11.3 Å². The predicted octanol–water partition coefficient (Wildman–Crippen LogP) is 3.31. The van der Waals surface area contributed by atoms with E-state index in [1.807, 2.05) is 0 Å². The summed E-state index contributed by atoms with van der Waals surface area (Å²) in [5.41, 5.74) is -0.953. The molecule has 0 radical (unpaired) electrons. The lowest BCUT2D eigenvalue weighted by Gasteiger charge is -2.33. The third-order valence-corrected chi connectivity index (χ3v) is 4.31. The Balaban J connectivity index is 2.39. The molecular weight excluding hydrogens is 392 g/mol. The lowest BCUT2D eigenvalue weighted by Crippen LogP contribution is -2.52. The minimum absolute atomic E-state index is 0.160. The van der Waals surface area contributed by atoms with Gasteiger partial charge in [0.25, 0.3) is 0 Å². The number of nitrogens with zero attached hydrogens (tertiary/aromatic N) is 3. The van der Waals surface area contributed by atoms with E-state index in [-0.39, 0.29) is 5.84 Å². The molecule has 0 amide bonds. The molecule has 0 aromatic carbocycles. The molecule has 2 aliphatic rings. The monoisotopic (exact) mass is 409 g/mol. The van der Waals surface area contributed by atoms with Crippen molar-refractivity contribution in [2.75, 3.05) is 7.11 Å². The maximum absolute atomic E-state index is 13.3. The lowest BCUT2D eigenvalue weighted by atomic mass is 9.84. The molecule has 1 aliphatic heterocycles. The Labute approximate surface area is 156 Å². The molecule has 1 heterocycles. The highest BCUT2D eigenvalue weighted by atomic mass is 19.4. The summed E-state index contributed by atoms with van der Waals surface area (Å²) in [5, 5.41) is 12.2. The van der Waals surface area contributed by atoms with Gasteiger partial charge in [0.2, 0.25) is 0 Å². The molecule has 12 heteroatoms. The molecule has 2 unspecified atom stereocenters. The van der Waals surface area contributed by atoms with Crippen LogP contribution in [0.15, 0.2) is 33.4 Å². The van der Waals surface area contributed by atoms with Gasteiger partial charge in [0.15, 0.2) is 0 Å². The van der Waals surface area contributed by atoms with Crippen LogP contribution in [0.25, 0.3) is 0 Å². The molecular formula is C16H17F6N5O. The van der Waals surface area contributed by atoms with Gasteiger partial charge in [0.05, 0.1) is 29.9 Å². The fourth-order valence-electron chi connectivity index (χ4n) is 2.83. The fraction of sp³-hybridized carbons (Fsp3) is 0.562. The highest BCUT2D eigenvalue weighted by Crippen LogP contribution is 2.40. The van der Waals surface area contributed by atoms with Crippen molar-refractivity contribution in [2.45, 2.75) is 50.1 Å². The Morgan fingerprint density at radius 1 is 1.25 bits per heavy atom. The van der Waals surface area contributed by atoms with Crippen molar-refractivity contribution in [3.63, 3.8) is 0 Å². The molecule has 0 spiro atoms. The van der Waals surface area contributed by atoms with Crippen LogP contribution in [0.1, 0.15) is 26.7 Å². The quantitative estimate of drug-likeness (QED) is 0.324. The van der Waals surface area contributed by atoms with Crippen LogP contribution in [-0.2, 0) is 4.84 Å². The summed E-state index contributed by atoms with van der Waals surface area (Å²) in [4.78, 5) is 8.97. The molecule has 0 aromatic heterocycles. The molecule has 2 atom stereocenters. The molecule has 0 fully saturated rings. The molecule has 0 aromatic rings. The number of hydrogen-bond donors (Lipinski definition) is 2. The molecule has 1 aliphatic carbocycles. The molecule has 154 valence electrons. The Bertz CT molecular complexity index is 804. The first kappa shape index (κ1) is 21.7. The van der Waals surface area contributed by atoms with Crippen molar-refractivity contribution in [1.82, 2.24) is 10.9 Å². The van der Waals surface area contributed by atoms with Crippen molar-refractivity contribution in [3.05, 3.63) is 23.3 Å². The first-order valence-electron chi connectivity index (χ1n) is 7.94. The van der Waals surface area contributed by atoms with Crippen LogP contribution in [0.5, 0.6) is 0 Å². The van der Waals surface area contributed by atoms with E-state index in [1.165, 1.54) is 33.1 Å². The van der Waals surface area contributed by atoms with Crippen LogP contribution in [0.3, 0.4) is 0 Å². The summed E-state index contributed by atoms with van der Waals surface area (Å²) in [6.07, 6.45) is -8.37. The Kier molecular flexibility index (Phi) is 5.53. The Morgan fingerprint density at radius 3 is 2.36 bits per heavy atom. The van der Waals surface area contributed by atoms with Gasteiger partial charge in [-0.2, -0.15) is 36.7 Å². The van der Waals surface area contributed by atoms with Gasteiger partial charge >= 0.3 is 12.4 Å². The first-order valence-corrected chi connectivity index (χ1v) is 7.94. The number of nitriles is 1. The molecule has 0 saturated carbocycles. The van der Waals surface area contributed by atoms with Gasteiger partial charge in [0, 0.05) is 12.8 Å². The number of nitrogens with one attached hydrogen (secondary N) is 2.